The highest BCUT2D eigenvalue weighted by atomic mass is 16.7. The van der Waals surface area contributed by atoms with E-state index >= 15 is 0 Å². The van der Waals surface area contributed by atoms with Gasteiger partial charge in [-0.05, 0) is 30.9 Å². The molecule has 2 heterocycles. The number of allylic oxidation sites excluding steroid dienone is 1. The lowest BCUT2D eigenvalue weighted by atomic mass is 9.37. The third-order valence-electron chi connectivity index (χ3n) is 8.44. The lowest BCUT2D eigenvalue weighted by Gasteiger charge is -2.69. The Labute approximate surface area is 166 Å². The first-order valence-corrected chi connectivity index (χ1v) is 9.63. The molecule has 29 heavy (non-hydrogen) atoms. The molecule has 158 valence electrons. The van der Waals surface area contributed by atoms with Crippen LogP contribution in [0.3, 0.4) is 0 Å². The van der Waals surface area contributed by atoms with E-state index in [2.05, 4.69) is 6.58 Å². The van der Waals surface area contributed by atoms with Crippen LogP contribution in [0.1, 0.15) is 20.3 Å². The molecule has 10 atom stereocenters. The Morgan fingerprint density at radius 1 is 1.14 bits per heavy atom. The minimum absolute atomic E-state index is 0.142. The molecule has 0 amide bonds. The van der Waals surface area contributed by atoms with E-state index in [-0.39, 0.29) is 18.6 Å². The normalized spacial score (nSPS) is 58.3. The lowest BCUT2D eigenvalue weighted by Crippen LogP contribution is -2.82. The molecule has 4 fully saturated rings. The minimum atomic E-state index is -2.37. The molecule has 0 aromatic carbocycles. The monoisotopic (exact) mass is 408 g/mol. The number of carbonyl (C=O) groups is 2. The van der Waals surface area contributed by atoms with Crippen molar-refractivity contribution in [1.82, 2.24) is 0 Å². The third-order valence-corrected chi connectivity index (χ3v) is 8.44. The van der Waals surface area contributed by atoms with E-state index in [1.165, 1.54) is 6.08 Å². The molecule has 5 rings (SSSR count). The molecule has 0 aromatic rings. The first kappa shape index (κ1) is 19.3. The van der Waals surface area contributed by atoms with Crippen LogP contribution in [0.5, 0.6) is 0 Å². The van der Waals surface area contributed by atoms with Gasteiger partial charge in [0, 0.05) is 11.3 Å². The van der Waals surface area contributed by atoms with Crippen LogP contribution in [0.4, 0.5) is 0 Å². The Morgan fingerprint density at radius 2 is 1.79 bits per heavy atom. The third kappa shape index (κ3) is 1.69. The highest BCUT2D eigenvalue weighted by Gasteiger charge is 2.87. The van der Waals surface area contributed by atoms with Gasteiger partial charge >= 0.3 is 5.97 Å². The first-order valence-electron chi connectivity index (χ1n) is 9.63. The summed E-state index contributed by atoms with van der Waals surface area (Å²) in [5.41, 5.74) is -5.06. The molecule has 2 saturated heterocycles. The maximum absolute atomic E-state index is 12.5. The average molecular weight is 408 g/mol. The zero-order valence-corrected chi connectivity index (χ0v) is 16.0. The summed E-state index contributed by atoms with van der Waals surface area (Å²) in [5.74, 6) is -5.66. The summed E-state index contributed by atoms with van der Waals surface area (Å²) in [5, 5.41) is 55.7. The van der Waals surface area contributed by atoms with Gasteiger partial charge in [-0.3, -0.25) is 4.79 Å². The molecule has 5 aliphatic rings. The summed E-state index contributed by atoms with van der Waals surface area (Å²) in [6, 6.07) is 0. The van der Waals surface area contributed by atoms with Crippen LogP contribution in [-0.2, 0) is 19.1 Å². The van der Waals surface area contributed by atoms with Gasteiger partial charge in [0.1, 0.15) is 23.9 Å². The van der Waals surface area contributed by atoms with E-state index in [9.17, 15) is 35.1 Å². The SMILES string of the molecule is C=C1[C@@H](O)[C@@]2(O)OCC34[C@H]2C2(C)C(O)C(=O)C=C(C)[C@@H]2C[C@H]3OC(=O)C(O)C14O. The predicted octanol–water partition coefficient (Wildman–Crippen LogP) is -1.83. The Kier molecular flexibility index (Phi) is 3.44. The van der Waals surface area contributed by atoms with Gasteiger partial charge in [-0.15, -0.1) is 0 Å². The summed E-state index contributed by atoms with van der Waals surface area (Å²) >= 11 is 0. The smallest absolute Gasteiger partial charge is 0.338 e. The molecule has 9 nitrogen and oxygen atoms in total. The minimum Gasteiger partial charge on any atom is -0.460 e. The maximum atomic E-state index is 12.5. The Hall–Kier alpha value is -1.62. The van der Waals surface area contributed by atoms with Crippen molar-refractivity contribution < 1.29 is 44.6 Å². The molecule has 2 aliphatic heterocycles. The summed E-state index contributed by atoms with van der Waals surface area (Å²) in [6.07, 6.45) is -5.01. The van der Waals surface area contributed by atoms with Gasteiger partial charge in [0.2, 0.25) is 5.79 Å². The van der Waals surface area contributed by atoms with E-state index in [1.807, 2.05) is 0 Å². The van der Waals surface area contributed by atoms with Gasteiger partial charge < -0.3 is 35.0 Å². The largest absolute Gasteiger partial charge is 0.460 e. The van der Waals surface area contributed by atoms with Gasteiger partial charge in [0.15, 0.2) is 11.9 Å². The molecule has 2 saturated carbocycles. The summed E-state index contributed by atoms with van der Waals surface area (Å²) in [4.78, 5) is 25.0. The number of ketones is 1. The standard InChI is InChI=1S/C20H24O9/c1-7-4-10(21)13(23)17(3)9(7)5-11-18-6-28-20(27,16(17)18)12(22)8(2)19(18,26)14(24)15(25)29-11/h4,9,11-14,16,22-24,26-27H,2,5-6H2,1,3H3/t9-,11+,12+,13?,14?,16+,17?,18?,19?,20+/m0/s1. The van der Waals surface area contributed by atoms with E-state index in [0.29, 0.717) is 5.57 Å². The zero-order chi connectivity index (χ0) is 21.3. The topological polar surface area (TPSA) is 154 Å². The van der Waals surface area contributed by atoms with Crippen LogP contribution in [0, 0.1) is 22.7 Å². The molecule has 9 heteroatoms. The quantitative estimate of drug-likeness (QED) is 0.230. The van der Waals surface area contributed by atoms with Crippen molar-refractivity contribution in [2.45, 2.75) is 56.1 Å². The fourth-order valence-corrected chi connectivity index (χ4v) is 7.19. The Balaban J connectivity index is 1.85. The van der Waals surface area contributed by atoms with Gasteiger partial charge in [0.05, 0.1) is 12.0 Å². The number of aliphatic hydroxyl groups is 5. The van der Waals surface area contributed by atoms with Crippen molar-refractivity contribution in [2.24, 2.45) is 22.7 Å². The van der Waals surface area contributed by atoms with Crippen molar-refractivity contribution in [3.8, 4) is 0 Å². The molecule has 0 aromatic heterocycles. The van der Waals surface area contributed by atoms with Crippen molar-refractivity contribution >= 4 is 11.8 Å². The van der Waals surface area contributed by atoms with Crippen LogP contribution in [-0.4, -0.2) is 79.7 Å². The summed E-state index contributed by atoms with van der Waals surface area (Å²) < 4.78 is 11.1. The fraction of sp³-hybridized carbons (Fsp3) is 0.700. The molecule has 3 aliphatic carbocycles. The molecular formula is C20H24O9. The average Bonchev–Trinajstić information content (AvgIpc) is 2.98. The second-order valence-electron chi connectivity index (χ2n) is 9.38. The van der Waals surface area contributed by atoms with Crippen LogP contribution in [0.15, 0.2) is 23.8 Å². The van der Waals surface area contributed by atoms with Crippen molar-refractivity contribution in [3.63, 3.8) is 0 Å². The second kappa shape index (κ2) is 5.16. The van der Waals surface area contributed by atoms with Gasteiger partial charge in [-0.25, -0.2) is 4.79 Å². The number of hydrogen-bond acceptors (Lipinski definition) is 9. The molecule has 5 N–H and O–H groups in total. The van der Waals surface area contributed by atoms with E-state index in [0.717, 1.165) is 0 Å². The van der Waals surface area contributed by atoms with Crippen LogP contribution in [0.25, 0.3) is 0 Å². The van der Waals surface area contributed by atoms with Gasteiger partial charge in [-0.2, -0.15) is 0 Å². The second-order valence-corrected chi connectivity index (χ2v) is 9.38. The highest BCUT2D eigenvalue weighted by molar-refractivity contribution is 5.96. The highest BCUT2D eigenvalue weighted by Crippen LogP contribution is 2.74. The molecule has 1 spiro atoms. The van der Waals surface area contributed by atoms with E-state index in [4.69, 9.17) is 9.47 Å². The number of esters is 1. The number of rotatable bonds is 0. The van der Waals surface area contributed by atoms with Gasteiger partial charge in [-0.1, -0.05) is 19.1 Å². The number of fused-ring (bicyclic) bond motifs is 1. The molecular weight excluding hydrogens is 384 g/mol. The van der Waals surface area contributed by atoms with Gasteiger partial charge in [0.25, 0.3) is 0 Å². The van der Waals surface area contributed by atoms with Crippen molar-refractivity contribution in [3.05, 3.63) is 23.8 Å². The fourth-order valence-electron chi connectivity index (χ4n) is 7.19. The molecule has 0 radical (unpaired) electrons. The predicted molar refractivity (Wildman–Crippen MR) is 93.8 cm³/mol. The van der Waals surface area contributed by atoms with E-state index < -0.39 is 70.2 Å². The maximum Gasteiger partial charge on any atom is 0.338 e. The first-order chi connectivity index (χ1) is 13.4. The lowest BCUT2D eigenvalue weighted by molar-refractivity contribution is -0.337. The molecule has 5 unspecified atom stereocenters. The number of ether oxygens (including phenoxy) is 2. The van der Waals surface area contributed by atoms with Crippen LogP contribution in [0.2, 0.25) is 0 Å². The summed E-state index contributed by atoms with van der Waals surface area (Å²) in [7, 11) is 0. The zero-order valence-electron chi connectivity index (χ0n) is 16.0. The Bertz CT molecular complexity index is 896. The number of hydrogen-bond donors (Lipinski definition) is 5. The van der Waals surface area contributed by atoms with E-state index in [1.54, 1.807) is 13.8 Å². The number of carbonyl (C=O) groups excluding carboxylic acids is 2. The number of aliphatic hydroxyl groups excluding tert-OH is 3. The molecule has 2 bridgehead atoms. The van der Waals surface area contributed by atoms with Crippen molar-refractivity contribution in [1.29, 1.82) is 0 Å². The van der Waals surface area contributed by atoms with Crippen molar-refractivity contribution in [2.75, 3.05) is 6.61 Å². The van der Waals surface area contributed by atoms with Crippen LogP contribution >= 0.6 is 0 Å². The Morgan fingerprint density at radius 3 is 2.45 bits per heavy atom. The van der Waals surface area contributed by atoms with Crippen LogP contribution < -0.4 is 0 Å². The summed E-state index contributed by atoms with van der Waals surface area (Å²) in [6.45, 7) is 6.62.